The van der Waals surface area contributed by atoms with Crippen LogP contribution < -0.4 is 9.62 Å². The largest absolute Gasteiger partial charge is 0.372 e. The summed E-state index contributed by atoms with van der Waals surface area (Å²) in [5, 5.41) is 11.5. The van der Waals surface area contributed by atoms with E-state index in [1.165, 1.54) is 4.40 Å². The molecule has 24 heavy (non-hydrogen) atoms. The molecule has 0 amide bonds. The number of nitrogens with one attached hydrogen (secondary N) is 1. The van der Waals surface area contributed by atoms with Gasteiger partial charge in [0.05, 0.1) is 12.5 Å². The van der Waals surface area contributed by atoms with Crippen molar-refractivity contribution >= 4 is 27.3 Å². The standard InChI is InChI=1S/C14H19N5O4S/c1-24(22,23)15-9-11-5-4-7-17(10-11)13-14(19(20)21)18-8-3-2-6-12(18)16-13/h2-3,6,8,11,15H,4-5,7,9-10H2,1H3/t11-/m1/s1. The quantitative estimate of drug-likeness (QED) is 0.634. The van der Waals surface area contributed by atoms with Gasteiger partial charge in [0.2, 0.25) is 21.5 Å². The van der Waals surface area contributed by atoms with Gasteiger partial charge < -0.3 is 15.0 Å². The highest BCUT2D eigenvalue weighted by Crippen LogP contribution is 2.31. The average molecular weight is 353 g/mol. The zero-order chi connectivity index (χ0) is 17.3. The van der Waals surface area contributed by atoms with Crippen LogP contribution in [-0.4, -0.2) is 48.6 Å². The smallest absolute Gasteiger partial charge is 0.358 e. The summed E-state index contributed by atoms with van der Waals surface area (Å²) in [7, 11) is -3.24. The van der Waals surface area contributed by atoms with Gasteiger partial charge >= 0.3 is 5.82 Å². The molecule has 1 aliphatic rings. The lowest BCUT2D eigenvalue weighted by atomic mass is 9.98. The van der Waals surface area contributed by atoms with Gasteiger partial charge in [0.1, 0.15) is 0 Å². The Morgan fingerprint density at radius 1 is 1.46 bits per heavy atom. The number of pyridine rings is 1. The third-order valence-corrected chi connectivity index (χ3v) is 4.80. The highest BCUT2D eigenvalue weighted by molar-refractivity contribution is 7.88. The van der Waals surface area contributed by atoms with Crippen molar-refractivity contribution in [3.63, 3.8) is 0 Å². The molecule has 3 rings (SSSR count). The Hall–Kier alpha value is -2.20. The second-order valence-corrected chi connectivity index (χ2v) is 7.85. The van der Waals surface area contributed by atoms with Gasteiger partial charge in [0, 0.05) is 25.7 Å². The van der Waals surface area contributed by atoms with Crippen molar-refractivity contribution in [2.24, 2.45) is 5.92 Å². The summed E-state index contributed by atoms with van der Waals surface area (Å²) in [5.74, 6) is 0.385. The van der Waals surface area contributed by atoms with Crippen LogP contribution >= 0.6 is 0 Å². The summed E-state index contributed by atoms with van der Waals surface area (Å²) >= 11 is 0. The van der Waals surface area contributed by atoms with Gasteiger partial charge in [-0.3, -0.25) is 0 Å². The molecular formula is C14H19N5O4S. The molecule has 1 aliphatic heterocycles. The van der Waals surface area contributed by atoms with Crippen LogP contribution in [0, 0.1) is 16.0 Å². The number of sulfonamides is 1. The second kappa shape index (κ2) is 6.36. The third-order valence-electron chi connectivity index (χ3n) is 4.11. The molecule has 1 atom stereocenters. The van der Waals surface area contributed by atoms with Crippen LogP contribution in [0.4, 0.5) is 11.6 Å². The third kappa shape index (κ3) is 3.49. The SMILES string of the molecule is CS(=O)(=O)NC[C@H]1CCCN(c2nc3ccccn3c2[N+](=O)[O-])C1. The Kier molecular flexibility index (Phi) is 4.41. The van der Waals surface area contributed by atoms with Crippen LogP contribution in [0.25, 0.3) is 5.65 Å². The van der Waals surface area contributed by atoms with E-state index >= 15 is 0 Å². The number of hydrogen-bond acceptors (Lipinski definition) is 6. The Morgan fingerprint density at radius 2 is 2.25 bits per heavy atom. The van der Waals surface area contributed by atoms with E-state index in [4.69, 9.17) is 0 Å². The molecule has 9 nitrogen and oxygen atoms in total. The number of hydrogen-bond donors (Lipinski definition) is 1. The summed E-state index contributed by atoms with van der Waals surface area (Å²) in [5.41, 5.74) is 0.524. The van der Waals surface area contributed by atoms with Gasteiger partial charge in [-0.2, -0.15) is 9.38 Å². The molecule has 10 heteroatoms. The van der Waals surface area contributed by atoms with E-state index in [0.717, 1.165) is 19.1 Å². The van der Waals surface area contributed by atoms with Gasteiger partial charge in [-0.15, -0.1) is 0 Å². The van der Waals surface area contributed by atoms with Crippen molar-refractivity contribution in [1.29, 1.82) is 0 Å². The molecule has 0 aliphatic carbocycles. The topological polar surface area (TPSA) is 110 Å². The first kappa shape index (κ1) is 16.7. The monoisotopic (exact) mass is 353 g/mol. The van der Waals surface area contributed by atoms with E-state index in [9.17, 15) is 18.5 Å². The van der Waals surface area contributed by atoms with Crippen molar-refractivity contribution in [3.8, 4) is 0 Å². The summed E-state index contributed by atoms with van der Waals surface area (Å²) in [6.07, 6.45) is 4.46. The summed E-state index contributed by atoms with van der Waals surface area (Å²) in [6, 6.07) is 5.23. The van der Waals surface area contributed by atoms with E-state index < -0.39 is 14.9 Å². The predicted molar refractivity (Wildman–Crippen MR) is 89.6 cm³/mol. The molecule has 3 heterocycles. The van der Waals surface area contributed by atoms with Crippen molar-refractivity contribution in [2.45, 2.75) is 12.8 Å². The summed E-state index contributed by atoms with van der Waals surface area (Å²) < 4.78 is 26.5. The molecule has 0 unspecified atom stereocenters. The van der Waals surface area contributed by atoms with Crippen molar-refractivity contribution in [3.05, 3.63) is 34.5 Å². The number of nitrogens with zero attached hydrogens (tertiary/aromatic N) is 4. The molecule has 1 saturated heterocycles. The van der Waals surface area contributed by atoms with Crippen LogP contribution in [0.1, 0.15) is 12.8 Å². The Balaban J connectivity index is 1.87. The molecule has 0 saturated carbocycles. The minimum absolute atomic E-state index is 0.0534. The zero-order valence-corrected chi connectivity index (χ0v) is 14.1. The second-order valence-electron chi connectivity index (χ2n) is 6.02. The maximum absolute atomic E-state index is 11.5. The molecule has 0 bridgehead atoms. The number of piperidine rings is 1. The van der Waals surface area contributed by atoms with Gasteiger partial charge in [-0.25, -0.2) is 13.1 Å². The van der Waals surface area contributed by atoms with Crippen molar-refractivity contribution in [2.75, 3.05) is 30.8 Å². The van der Waals surface area contributed by atoms with Crippen LogP contribution in [0.15, 0.2) is 24.4 Å². The number of imidazole rings is 1. The highest BCUT2D eigenvalue weighted by atomic mass is 32.2. The molecule has 0 aromatic carbocycles. The minimum atomic E-state index is -3.24. The lowest BCUT2D eigenvalue weighted by Crippen LogP contribution is -2.41. The fraction of sp³-hybridized carbons (Fsp3) is 0.500. The van der Waals surface area contributed by atoms with Crippen LogP contribution in [-0.2, 0) is 10.0 Å². The lowest BCUT2D eigenvalue weighted by Gasteiger charge is -2.32. The maximum atomic E-state index is 11.5. The molecule has 1 fully saturated rings. The fourth-order valence-electron chi connectivity index (χ4n) is 3.05. The van der Waals surface area contributed by atoms with Crippen LogP contribution in [0.2, 0.25) is 0 Å². The van der Waals surface area contributed by atoms with Crippen LogP contribution in [0.5, 0.6) is 0 Å². The fourth-order valence-corrected chi connectivity index (χ4v) is 3.58. The average Bonchev–Trinajstić information content (AvgIpc) is 2.92. The zero-order valence-electron chi connectivity index (χ0n) is 13.3. The van der Waals surface area contributed by atoms with Gasteiger partial charge in [-0.1, -0.05) is 6.07 Å². The lowest BCUT2D eigenvalue weighted by molar-refractivity contribution is -0.389. The molecular weight excluding hydrogens is 334 g/mol. The first-order valence-corrected chi connectivity index (χ1v) is 9.55. The molecule has 1 N–H and O–H groups in total. The Labute approximate surface area is 139 Å². The highest BCUT2D eigenvalue weighted by Gasteiger charge is 2.30. The van der Waals surface area contributed by atoms with Crippen LogP contribution in [0.3, 0.4) is 0 Å². The molecule has 2 aromatic rings. The number of fused-ring (bicyclic) bond motifs is 1. The Morgan fingerprint density at radius 3 is 2.96 bits per heavy atom. The Bertz CT molecular complexity index is 863. The molecule has 130 valence electrons. The molecule has 0 radical (unpaired) electrons. The van der Waals surface area contributed by atoms with Gasteiger partial charge in [0.15, 0.2) is 0 Å². The van der Waals surface area contributed by atoms with Gasteiger partial charge in [0.25, 0.3) is 0 Å². The van der Waals surface area contributed by atoms with E-state index in [1.807, 2.05) is 4.90 Å². The van der Waals surface area contributed by atoms with Crippen molar-refractivity contribution < 1.29 is 13.3 Å². The number of aromatic nitrogens is 2. The number of rotatable bonds is 5. The maximum Gasteiger partial charge on any atom is 0.372 e. The van der Waals surface area contributed by atoms with E-state index in [0.29, 0.717) is 31.1 Å². The van der Waals surface area contributed by atoms with Gasteiger partial charge in [-0.05, 0) is 29.7 Å². The molecule has 2 aromatic heterocycles. The molecule has 0 spiro atoms. The van der Waals surface area contributed by atoms with Crippen molar-refractivity contribution in [1.82, 2.24) is 14.1 Å². The number of anilines is 1. The number of nitro groups is 1. The van der Waals surface area contributed by atoms with E-state index in [-0.39, 0.29) is 11.7 Å². The first-order valence-electron chi connectivity index (χ1n) is 7.66. The minimum Gasteiger partial charge on any atom is -0.358 e. The van der Waals surface area contributed by atoms with E-state index in [2.05, 4.69) is 9.71 Å². The normalized spacial score (nSPS) is 18.9. The summed E-state index contributed by atoms with van der Waals surface area (Å²) in [4.78, 5) is 17.4. The first-order chi connectivity index (χ1) is 11.3. The summed E-state index contributed by atoms with van der Waals surface area (Å²) in [6.45, 7) is 1.53. The predicted octanol–water partition coefficient (Wildman–Crippen LogP) is 1.01. The van der Waals surface area contributed by atoms with E-state index in [1.54, 1.807) is 24.4 Å².